The third-order valence-electron chi connectivity index (χ3n) is 3.27. The van der Waals surface area contributed by atoms with Crippen LogP contribution in [0.2, 0.25) is 0 Å². The standard InChI is InChI=1S/C11H21NO2/c1-8(2)14-7-11(13)5-9-3-4-10(6-11)12-9/h8-10,12-13H,3-7H2,1-2H3. The van der Waals surface area contributed by atoms with Gasteiger partial charge >= 0.3 is 0 Å². The summed E-state index contributed by atoms with van der Waals surface area (Å²) in [5.74, 6) is 0. The van der Waals surface area contributed by atoms with E-state index in [4.69, 9.17) is 4.74 Å². The zero-order valence-corrected chi connectivity index (χ0v) is 9.12. The number of piperidine rings is 1. The molecule has 2 aliphatic rings. The van der Waals surface area contributed by atoms with Crippen molar-refractivity contribution in [3.05, 3.63) is 0 Å². The largest absolute Gasteiger partial charge is 0.387 e. The quantitative estimate of drug-likeness (QED) is 0.714. The van der Waals surface area contributed by atoms with Crippen molar-refractivity contribution in [2.24, 2.45) is 0 Å². The molecule has 3 heteroatoms. The third kappa shape index (κ3) is 2.27. The first-order valence-corrected chi connectivity index (χ1v) is 5.67. The maximum atomic E-state index is 10.3. The summed E-state index contributed by atoms with van der Waals surface area (Å²) in [6.07, 6.45) is 4.36. The molecule has 0 aromatic heterocycles. The van der Waals surface area contributed by atoms with Crippen LogP contribution in [0.15, 0.2) is 0 Å². The van der Waals surface area contributed by atoms with Crippen LogP contribution in [0.5, 0.6) is 0 Å². The molecule has 0 radical (unpaired) electrons. The Bertz CT molecular complexity index is 193. The highest BCUT2D eigenvalue weighted by Crippen LogP contribution is 2.34. The molecule has 0 saturated carbocycles. The van der Waals surface area contributed by atoms with Crippen LogP contribution in [0.4, 0.5) is 0 Å². The summed E-state index contributed by atoms with van der Waals surface area (Å²) < 4.78 is 5.53. The van der Waals surface area contributed by atoms with Crippen molar-refractivity contribution >= 4 is 0 Å². The number of ether oxygens (including phenoxy) is 1. The molecule has 0 aliphatic carbocycles. The Morgan fingerprint density at radius 2 is 1.93 bits per heavy atom. The van der Waals surface area contributed by atoms with Crippen LogP contribution in [0.1, 0.15) is 39.5 Å². The molecule has 0 aromatic rings. The summed E-state index contributed by atoms with van der Waals surface area (Å²) in [6.45, 7) is 4.53. The fourth-order valence-electron chi connectivity index (χ4n) is 2.66. The molecule has 0 aromatic carbocycles. The molecule has 2 N–H and O–H groups in total. The molecule has 3 nitrogen and oxygen atoms in total. The summed E-state index contributed by atoms with van der Waals surface area (Å²) >= 11 is 0. The molecule has 2 heterocycles. The van der Waals surface area contributed by atoms with E-state index in [1.54, 1.807) is 0 Å². The van der Waals surface area contributed by atoms with Crippen LogP contribution in [-0.2, 0) is 4.74 Å². The first-order valence-electron chi connectivity index (χ1n) is 5.67. The maximum Gasteiger partial charge on any atom is 0.0909 e. The lowest BCUT2D eigenvalue weighted by atomic mass is 9.88. The Morgan fingerprint density at radius 3 is 2.43 bits per heavy atom. The number of nitrogens with one attached hydrogen (secondary N) is 1. The minimum Gasteiger partial charge on any atom is -0.387 e. The van der Waals surface area contributed by atoms with E-state index in [0.717, 1.165) is 12.8 Å². The molecule has 2 bridgehead atoms. The molecule has 2 aliphatic heterocycles. The molecular formula is C11H21NO2. The van der Waals surface area contributed by atoms with Gasteiger partial charge in [0, 0.05) is 12.1 Å². The number of fused-ring (bicyclic) bond motifs is 2. The average molecular weight is 199 g/mol. The molecule has 82 valence electrons. The van der Waals surface area contributed by atoms with E-state index in [0.29, 0.717) is 18.7 Å². The van der Waals surface area contributed by atoms with Crippen molar-refractivity contribution in [1.82, 2.24) is 5.32 Å². The van der Waals surface area contributed by atoms with E-state index in [1.807, 2.05) is 13.8 Å². The van der Waals surface area contributed by atoms with E-state index in [9.17, 15) is 5.11 Å². The summed E-state index contributed by atoms with van der Waals surface area (Å²) in [6, 6.07) is 1.05. The van der Waals surface area contributed by atoms with Crippen molar-refractivity contribution in [3.8, 4) is 0 Å². The third-order valence-corrected chi connectivity index (χ3v) is 3.27. The van der Waals surface area contributed by atoms with Crippen LogP contribution >= 0.6 is 0 Å². The molecule has 2 saturated heterocycles. The smallest absolute Gasteiger partial charge is 0.0909 e. The lowest BCUT2D eigenvalue weighted by Crippen LogP contribution is -2.51. The lowest BCUT2D eigenvalue weighted by molar-refractivity contribution is -0.0887. The first-order chi connectivity index (χ1) is 6.57. The van der Waals surface area contributed by atoms with Gasteiger partial charge in [0.05, 0.1) is 18.3 Å². The van der Waals surface area contributed by atoms with Gasteiger partial charge in [-0.05, 0) is 39.5 Å². The van der Waals surface area contributed by atoms with Crippen LogP contribution in [0, 0.1) is 0 Å². The Labute approximate surface area is 85.8 Å². The van der Waals surface area contributed by atoms with Crippen molar-refractivity contribution in [1.29, 1.82) is 0 Å². The molecule has 0 spiro atoms. The van der Waals surface area contributed by atoms with Gasteiger partial charge in [-0.3, -0.25) is 0 Å². The molecule has 2 rings (SSSR count). The van der Waals surface area contributed by atoms with Crippen molar-refractivity contribution in [2.45, 2.75) is 63.3 Å². The van der Waals surface area contributed by atoms with Crippen molar-refractivity contribution in [2.75, 3.05) is 6.61 Å². The minimum atomic E-state index is -0.568. The monoisotopic (exact) mass is 199 g/mol. The predicted octanol–water partition coefficient (Wildman–Crippen LogP) is 1.06. The summed E-state index contributed by atoms with van der Waals surface area (Å²) in [5.41, 5.74) is -0.568. The van der Waals surface area contributed by atoms with E-state index in [-0.39, 0.29) is 6.10 Å². The Hall–Kier alpha value is -0.120. The first kappa shape index (κ1) is 10.4. The van der Waals surface area contributed by atoms with Gasteiger partial charge in [-0.2, -0.15) is 0 Å². The van der Waals surface area contributed by atoms with Crippen LogP contribution < -0.4 is 5.32 Å². The fraction of sp³-hybridized carbons (Fsp3) is 1.00. The van der Waals surface area contributed by atoms with Crippen molar-refractivity contribution < 1.29 is 9.84 Å². The van der Waals surface area contributed by atoms with Gasteiger partial charge in [0.1, 0.15) is 0 Å². The highest BCUT2D eigenvalue weighted by Gasteiger charge is 2.42. The molecule has 2 fully saturated rings. The maximum absolute atomic E-state index is 10.3. The van der Waals surface area contributed by atoms with Crippen LogP contribution in [0.3, 0.4) is 0 Å². The highest BCUT2D eigenvalue weighted by molar-refractivity contribution is 4.99. The van der Waals surface area contributed by atoms with Gasteiger partial charge < -0.3 is 15.2 Å². The average Bonchev–Trinajstić information content (AvgIpc) is 2.43. The summed E-state index contributed by atoms with van der Waals surface area (Å²) in [4.78, 5) is 0. The van der Waals surface area contributed by atoms with E-state index in [2.05, 4.69) is 5.32 Å². The summed E-state index contributed by atoms with van der Waals surface area (Å²) in [5, 5.41) is 13.9. The second kappa shape index (κ2) is 3.80. The van der Waals surface area contributed by atoms with Gasteiger partial charge in [-0.1, -0.05) is 0 Å². The number of aliphatic hydroxyl groups is 1. The number of hydrogen-bond acceptors (Lipinski definition) is 3. The normalized spacial score (nSPS) is 42.0. The van der Waals surface area contributed by atoms with Gasteiger partial charge in [0.15, 0.2) is 0 Å². The molecule has 14 heavy (non-hydrogen) atoms. The second-order valence-corrected chi connectivity index (χ2v) is 5.13. The van der Waals surface area contributed by atoms with E-state index < -0.39 is 5.60 Å². The van der Waals surface area contributed by atoms with Gasteiger partial charge in [-0.25, -0.2) is 0 Å². The second-order valence-electron chi connectivity index (χ2n) is 5.13. The Morgan fingerprint density at radius 1 is 1.36 bits per heavy atom. The molecular weight excluding hydrogens is 178 g/mol. The fourth-order valence-corrected chi connectivity index (χ4v) is 2.66. The lowest BCUT2D eigenvalue weighted by Gasteiger charge is -2.37. The number of rotatable bonds is 3. The topological polar surface area (TPSA) is 41.5 Å². The van der Waals surface area contributed by atoms with Crippen molar-refractivity contribution in [3.63, 3.8) is 0 Å². The zero-order chi connectivity index (χ0) is 10.2. The SMILES string of the molecule is CC(C)OCC1(O)CC2CCC(C1)N2. The van der Waals surface area contributed by atoms with E-state index in [1.165, 1.54) is 12.8 Å². The van der Waals surface area contributed by atoms with E-state index >= 15 is 0 Å². The van der Waals surface area contributed by atoms with Crippen LogP contribution in [0.25, 0.3) is 0 Å². The van der Waals surface area contributed by atoms with Gasteiger partial charge in [0.25, 0.3) is 0 Å². The highest BCUT2D eigenvalue weighted by atomic mass is 16.5. The van der Waals surface area contributed by atoms with Gasteiger partial charge in [-0.15, -0.1) is 0 Å². The number of hydrogen-bond donors (Lipinski definition) is 2. The Balaban J connectivity index is 1.89. The zero-order valence-electron chi connectivity index (χ0n) is 9.12. The minimum absolute atomic E-state index is 0.214. The molecule has 2 atom stereocenters. The Kier molecular flexibility index (Phi) is 2.82. The summed E-state index contributed by atoms with van der Waals surface area (Å²) in [7, 11) is 0. The van der Waals surface area contributed by atoms with Crippen LogP contribution in [-0.4, -0.2) is 35.5 Å². The molecule has 2 unspecified atom stereocenters. The molecule has 0 amide bonds. The van der Waals surface area contributed by atoms with Gasteiger partial charge in [0.2, 0.25) is 0 Å². The predicted molar refractivity (Wildman–Crippen MR) is 55.2 cm³/mol.